The van der Waals surface area contributed by atoms with Gasteiger partial charge in [-0.25, -0.2) is 13.4 Å². The molecule has 2 N–H and O–H groups in total. The van der Waals surface area contributed by atoms with E-state index in [4.69, 9.17) is 20.3 Å². The third-order valence-corrected chi connectivity index (χ3v) is 9.67. The maximum absolute atomic E-state index is 12.5. The maximum Gasteiger partial charge on any atom is 0.310 e. The van der Waals surface area contributed by atoms with Crippen LogP contribution in [0.2, 0.25) is 0 Å². The molecule has 2 aromatic heterocycles. The van der Waals surface area contributed by atoms with Crippen molar-refractivity contribution in [3.05, 3.63) is 84.2 Å². The molecule has 3 aromatic carbocycles. The van der Waals surface area contributed by atoms with Crippen LogP contribution < -0.4 is 10.5 Å². The molecule has 0 bridgehead atoms. The van der Waals surface area contributed by atoms with E-state index in [1.165, 1.54) is 4.31 Å². The molecule has 43 heavy (non-hydrogen) atoms. The molecule has 0 saturated carbocycles. The van der Waals surface area contributed by atoms with Crippen LogP contribution in [0.25, 0.3) is 32.8 Å². The molecule has 10 nitrogen and oxygen atoms in total. The van der Waals surface area contributed by atoms with E-state index in [9.17, 15) is 13.2 Å². The van der Waals surface area contributed by atoms with E-state index in [0.29, 0.717) is 31.3 Å². The largest absolute Gasteiger partial charge is 0.487 e. The van der Waals surface area contributed by atoms with Gasteiger partial charge in [-0.1, -0.05) is 42.5 Å². The number of para-hydroxylation sites is 1. The van der Waals surface area contributed by atoms with Crippen molar-refractivity contribution in [2.45, 2.75) is 32.9 Å². The highest BCUT2D eigenvalue weighted by Gasteiger charge is 2.37. The molecule has 0 aliphatic carbocycles. The molecule has 0 radical (unpaired) electrons. The van der Waals surface area contributed by atoms with Crippen LogP contribution in [-0.2, 0) is 32.6 Å². The lowest BCUT2D eigenvalue weighted by atomic mass is 9.97. The van der Waals surface area contributed by atoms with E-state index in [2.05, 4.69) is 17.1 Å². The number of aromatic nitrogens is 3. The summed E-state index contributed by atoms with van der Waals surface area (Å²) in [6.45, 7) is 4.59. The number of carbonyl (C=O) groups excluding carboxylic acids is 1. The second-order valence-corrected chi connectivity index (χ2v) is 12.7. The van der Waals surface area contributed by atoms with Crippen LogP contribution >= 0.6 is 0 Å². The van der Waals surface area contributed by atoms with Gasteiger partial charge in [0.05, 0.1) is 36.0 Å². The summed E-state index contributed by atoms with van der Waals surface area (Å²) in [5.41, 5.74) is 10.5. The monoisotopic (exact) mass is 599 g/mol. The number of anilines is 1. The normalized spacial score (nSPS) is 14.2. The minimum atomic E-state index is -3.29. The summed E-state index contributed by atoms with van der Waals surface area (Å²) in [5, 5.41) is 7.68. The average molecular weight is 600 g/mol. The predicted octanol–water partition coefficient (Wildman–Crippen LogP) is 4.72. The zero-order valence-electron chi connectivity index (χ0n) is 24.1. The van der Waals surface area contributed by atoms with Gasteiger partial charge in [-0.2, -0.15) is 9.40 Å². The Hall–Kier alpha value is -4.48. The zero-order chi connectivity index (χ0) is 30.1. The number of benzene rings is 3. The third kappa shape index (κ3) is 5.53. The first-order valence-corrected chi connectivity index (χ1v) is 15.9. The smallest absolute Gasteiger partial charge is 0.310 e. The number of esters is 1. The predicted molar refractivity (Wildman–Crippen MR) is 166 cm³/mol. The molecule has 6 rings (SSSR count). The summed E-state index contributed by atoms with van der Waals surface area (Å²) in [5.74, 6) is 0.785. The summed E-state index contributed by atoms with van der Waals surface area (Å²) in [7, 11) is -3.29. The number of nitrogens with two attached hydrogens (primary N) is 1. The summed E-state index contributed by atoms with van der Waals surface area (Å²) in [6, 6.07) is 21.3. The van der Waals surface area contributed by atoms with Gasteiger partial charge in [0.1, 0.15) is 18.2 Å². The van der Waals surface area contributed by atoms with Crippen LogP contribution in [0.3, 0.4) is 0 Å². The van der Waals surface area contributed by atoms with Crippen LogP contribution in [0.5, 0.6) is 5.75 Å². The molecule has 1 saturated heterocycles. The van der Waals surface area contributed by atoms with E-state index in [-0.39, 0.29) is 30.8 Å². The van der Waals surface area contributed by atoms with Crippen molar-refractivity contribution in [2.24, 2.45) is 0 Å². The number of fused-ring (bicyclic) bond motifs is 2. The first-order valence-electron chi connectivity index (χ1n) is 14.3. The minimum absolute atomic E-state index is 0.0580. The van der Waals surface area contributed by atoms with Crippen LogP contribution in [0, 0.1) is 0 Å². The Bertz CT molecular complexity index is 1930. The second kappa shape index (κ2) is 11.7. The number of carbonyl (C=O) groups is 1. The van der Waals surface area contributed by atoms with Crippen LogP contribution in [0.15, 0.2) is 72.9 Å². The van der Waals surface area contributed by atoms with Gasteiger partial charge in [-0.15, -0.1) is 0 Å². The first kappa shape index (κ1) is 28.6. The van der Waals surface area contributed by atoms with Crippen molar-refractivity contribution in [1.29, 1.82) is 0 Å². The Morgan fingerprint density at radius 3 is 2.60 bits per heavy atom. The standard InChI is InChI=1S/C32H33N5O5S/c1-3-41-31(38)17-22-8-5-6-11-30(22)42-20-29-27-16-21(24-9-7-10-26-25(24)14-15-34-32(26)33)12-13-28(27)35-37(29)23-18-36(19-23)43(39,40)4-2/h5-16,23H,3-4,17-20H2,1-2H3,(H2,33,34). The lowest BCUT2D eigenvalue weighted by Gasteiger charge is -2.38. The van der Waals surface area contributed by atoms with E-state index in [0.717, 1.165) is 44.1 Å². The van der Waals surface area contributed by atoms with Crippen molar-refractivity contribution in [3.8, 4) is 16.9 Å². The molecule has 1 aliphatic rings. The van der Waals surface area contributed by atoms with Crippen molar-refractivity contribution in [2.75, 3.05) is 31.2 Å². The lowest BCUT2D eigenvalue weighted by Crippen LogP contribution is -2.51. The minimum Gasteiger partial charge on any atom is -0.487 e. The van der Waals surface area contributed by atoms with Gasteiger partial charge >= 0.3 is 5.97 Å². The maximum atomic E-state index is 12.5. The van der Waals surface area contributed by atoms with Gasteiger partial charge in [-0.05, 0) is 54.6 Å². The molecule has 3 heterocycles. The number of nitrogen functional groups attached to an aromatic ring is 1. The summed E-state index contributed by atoms with van der Waals surface area (Å²) in [4.78, 5) is 16.5. The fourth-order valence-electron chi connectivity index (χ4n) is 5.53. The number of pyridine rings is 1. The van der Waals surface area contributed by atoms with Crippen molar-refractivity contribution in [3.63, 3.8) is 0 Å². The van der Waals surface area contributed by atoms with E-state index >= 15 is 0 Å². The molecular weight excluding hydrogens is 566 g/mol. The quantitative estimate of drug-likeness (QED) is 0.228. The Balaban J connectivity index is 1.40. The highest BCUT2D eigenvalue weighted by atomic mass is 32.2. The second-order valence-electron chi connectivity index (χ2n) is 10.5. The Morgan fingerprint density at radius 1 is 1.00 bits per heavy atom. The number of hydrogen-bond donors (Lipinski definition) is 1. The van der Waals surface area contributed by atoms with Gasteiger partial charge < -0.3 is 15.2 Å². The van der Waals surface area contributed by atoms with Gasteiger partial charge in [0, 0.05) is 35.6 Å². The van der Waals surface area contributed by atoms with Gasteiger partial charge in [-0.3, -0.25) is 9.48 Å². The number of hydrogen-bond acceptors (Lipinski definition) is 8. The fraction of sp³-hybridized carbons (Fsp3) is 0.281. The highest BCUT2D eigenvalue weighted by Crippen LogP contribution is 2.35. The molecule has 0 atom stereocenters. The summed E-state index contributed by atoms with van der Waals surface area (Å²) in [6.07, 6.45) is 1.80. The van der Waals surface area contributed by atoms with Crippen LogP contribution in [0.1, 0.15) is 31.1 Å². The Morgan fingerprint density at radius 2 is 1.81 bits per heavy atom. The molecule has 0 spiro atoms. The molecular formula is C32H33N5O5S. The Labute approximate surface area is 250 Å². The molecule has 0 amide bonds. The molecule has 1 aliphatic heterocycles. The molecule has 11 heteroatoms. The van der Waals surface area contributed by atoms with Crippen molar-refractivity contribution < 1.29 is 22.7 Å². The topological polar surface area (TPSA) is 130 Å². The fourth-order valence-corrected chi connectivity index (χ4v) is 6.70. The number of ether oxygens (including phenoxy) is 2. The number of nitrogens with zero attached hydrogens (tertiary/aromatic N) is 4. The average Bonchev–Trinajstić information content (AvgIpc) is 3.33. The highest BCUT2D eigenvalue weighted by molar-refractivity contribution is 7.89. The third-order valence-electron chi connectivity index (χ3n) is 7.86. The molecule has 5 aromatic rings. The van der Waals surface area contributed by atoms with E-state index in [1.54, 1.807) is 20.0 Å². The molecule has 222 valence electrons. The van der Waals surface area contributed by atoms with Crippen molar-refractivity contribution >= 4 is 43.5 Å². The molecule has 1 fully saturated rings. The first-order chi connectivity index (χ1) is 20.8. The van der Waals surface area contributed by atoms with Crippen LogP contribution in [-0.4, -0.2) is 58.9 Å². The molecule has 0 unspecified atom stereocenters. The SMILES string of the molecule is CCOC(=O)Cc1ccccc1OCc1c2cc(-c3cccc4c(N)nccc34)ccc2nn1C1CN(S(=O)(=O)CC)C1. The van der Waals surface area contributed by atoms with Gasteiger partial charge in [0.2, 0.25) is 10.0 Å². The zero-order valence-corrected chi connectivity index (χ0v) is 24.9. The lowest BCUT2D eigenvalue weighted by molar-refractivity contribution is -0.142. The van der Waals surface area contributed by atoms with Crippen molar-refractivity contribution in [1.82, 2.24) is 19.1 Å². The Kier molecular flexibility index (Phi) is 7.76. The van der Waals surface area contributed by atoms with Gasteiger partial charge in [0.25, 0.3) is 0 Å². The number of sulfonamides is 1. The van der Waals surface area contributed by atoms with Crippen LogP contribution in [0.4, 0.5) is 5.82 Å². The van der Waals surface area contributed by atoms with Gasteiger partial charge in [0.15, 0.2) is 0 Å². The van der Waals surface area contributed by atoms with E-state index < -0.39 is 10.0 Å². The van der Waals surface area contributed by atoms with E-state index in [1.807, 2.05) is 59.3 Å². The summed E-state index contributed by atoms with van der Waals surface area (Å²) < 4.78 is 39.8. The number of rotatable bonds is 10. The summed E-state index contributed by atoms with van der Waals surface area (Å²) >= 11 is 0.